The maximum Gasteiger partial charge on any atom is 0.241 e. The molecular formula is C17H28ClN3O3S. The number of halogens is 1. The zero-order valence-electron chi connectivity index (χ0n) is 15.2. The first kappa shape index (κ1) is 21.9. The molecule has 1 heterocycles. The van der Waals surface area contributed by atoms with Gasteiger partial charge in [-0.05, 0) is 24.5 Å². The number of amides is 1. The Morgan fingerprint density at radius 2 is 1.92 bits per heavy atom. The third-order valence-corrected chi connectivity index (χ3v) is 6.72. The summed E-state index contributed by atoms with van der Waals surface area (Å²) < 4.78 is 27.5. The molecule has 0 spiro atoms. The number of sulfonamides is 1. The highest BCUT2D eigenvalue weighted by atomic mass is 35.5. The average Bonchev–Trinajstić information content (AvgIpc) is 2.60. The Hall–Kier alpha value is -1.15. The molecule has 25 heavy (non-hydrogen) atoms. The molecule has 1 saturated heterocycles. The quantitative estimate of drug-likeness (QED) is 0.826. The number of carbonyl (C=O) groups is 1. The van der Waals surface area contributed by atoms with Crippen LogP contribution in [0.15, 0.2) is 24.3 Å². The minimum atomic E-state index is -3.72. The molecule has 0 aromatic heterocycles. The molecule has 1 aliphatic heterocycles. The molecule has 1 aliphatic rings. The normalized spacial score (nSPS) is 19.8. The zero-order valence-corrected chi connectivity index (χ0v) is 16.9. The van der Waals surface area contributed by atoms with E-state index in [0.717, 1.165) is 12.0 Å². The van der Waals surface area contributed by atoms with Gasteiger partial charge in [0.15, 0.2) is 5.25 Å². The predicted octanol–water partition coefficient (Wildman–Crippen LogP) is 1.42. The highest BCUT2D eigenvalue weighted by Crippen LogP contribution is 2.27. The first-order valence-corrected chi connectivity index (χ1v) is 9.80. The molecule has 6 nitrogen and oxygen atoms in total. The second-order valence-corrected chi connectivity index (χ2v) is 8.55. The van der Waals surface area contributed by atoms with Gasteiger partial charge in [-0.2, -0.15) is 4.31 Å². The van der Waals surface area contributed by atoms with Crippen molar-refractivity contribution in [3.05, 3.63) is 35.4 Å². The molecule has 1 amide bonds. The summed E-state index contributed by atoms with van der Waals surface area (Å²) in [7, 11) is -0.564. The van der Waals surface area contributed by atoms with Crippen molar-refractivity contribution in [1.82, 2.24) is 14.5 Å². The van der Waals surface area contributed by atoms with E-state index in [1.54, 1.807) is 14.1 Å². The van der Waals surface area contributed by atoms with Crippen LogP contribution in [0.1, 0.15) is 31.0 Å². The summed E-state index contributed by atoms with van der Waals surface area (Å²) in [5.74, 6) is -0.395. The zero-order chi connectivity index (χ0) is 17.9. The largest absolute Gasteiger partial charge is 0.348 e. The topological polar surface area (TPSA) is 69.7 Å². The second kappa shape index (κ2) is 8.98. The molecule has 1 N–H and O–H groups in total. The third kappa shape index (κ3) is 4.73. The molecule has 1 aromatic rings. The monoisotopic (exact) mass is 389 g/mol. The Morgan fingerprint density at radius 3 is 2.44 bits per heavy atom. The van der Waals surface area contributed by atoms with Crippen molar-refractivity contribution in [3.8, 4) is 0 Å². The van der Waals surface area contributed by atoms with Crippen LogP contribution in [-0.4, -0.2) is 62.5 Å². The third-order valence-electron chi connectivity index (χ3n) is 4.53. The second-order valence-electron chi connectivity index (χ2n) is 6.35. The standard InChI is InChI=1S/C17H27N3O3S.ClH/c1-5-14-6-8-15(9-7-14)16-12-18-10-11-20(16)24(22,23)13(2)17(21)19(3)4;/h6-9,13,16,18H,5,10-12H2,1-4H3;1H. The smallest absolute Gasteiger partial charge is 0.241 e. The van der Waals surface area contributed by atoms with Crippen LogP contribution in [0.4, 0.5) is 0 Å². The highest BCUT2D eigenvalue weighted by molar-refractivity contribution is 7.90. The minimum absolute atomic E-state index is 0. The van der Waals surface area contributed by atoms with E-state index in [-0.39, 0.29) is 18.4 Å². The van der Waals surface area contributed by atoms with E-state index in [4.69, 9.17) is 0 Å². The van der Waals surface area contributed by atoms with Gasteiger partial charge >= 0.3 is 0 Å². The van der Waals surface area contributed by atoms with Gasteiger partial charge in [-0.1, -0.05) is 31.2 Å². The number of aryl methyl sites for hydroxylation is 1. The summed E-state index contributed by atoms with van der Waals surface area (Å²) in [4.78, 5) is 13.5. The van der Waals surface area contributed by atoms with Crippen molar-refractivity contribution in [2.24, 2.45) is 0 Å². The minimum Gasteiger partial charge on any atom is -0.348 e. The Bertz CT molecular complexity index is 677. The van der Waals surface area contributed by atoms with Crippen LogP contribution in [0.3, 0.4) is 0 Å². The Morgan fingerprint density at radius 1 is 1.32 bits per heavy atom. The lowest BCUT2D eigenvalue weighted by Gasteiger charge is -2.37. The average molecular weight is 390 g/mol. The number of hydrogen-bond acceptors (Lipinski definition) is 4. The van der Waals surface area contributed by atoms with E-state index in [1.807, 2.05) is 24.3 Å². The van der Waals surface area contributed by atoms with Crippen molar-refractivity contribution in [3.63, 3.8) is 0 Å². The number of nitrogens with one attached hydrogen (secondary N) is 1. The van der Waals surface area contributed by atoms with Crippen LogP contribution in [-0.2, 0) is 21.2 Å². The highest BCUT2D eigenvalue weighted by Gasteiger charge is 2.40. The van der Waals surface area contributed by atoms with Gasteiger partial charge in [0.1, 0.15) is 0 Å². The first-order valence-electron chi connectivity index (χ1n) is 8.30. The summed E-state index contributed by atoms with van der Waals surface area (Å²) in [6, 6.07) is 7.74. The number of nitrogens with zero attached hydrogens (tertiary/aromatic N) is 2. The fourth-order valence-corrected chi connectivity index (χ4v) is 4.71. The number of carbonyl (C=O) groups excluding carboxylic acids is 1. The van der Waals surface area contributed by atoms with Crippen LogP contribution in [0.25, 0.3) is 0 Å². The lowest BCUT2D eigenvalue weighted by atomic mass is 10.0. The Labute approximate surface area is 157 Å². The van der Waals surface area contributed by atoms with Crippen LogP contribution >= 0.6 is 12.4 Å². The SMILES string of the molecule is CCc1ccc(C2CNCCN2S(=O)(=O)C(C)C(=O)N(C)C)cc1.Cl. The van der Waals surface area contributed by atoms with E-state index in [2.05, 4.69) is 12.2 Å². The van der Waals surface area contributed by atoms with Crippen molar-refractivity contribution in [2.45, 2.75) is 31.6 Å². The number of hydrogen-bond donors (Lipinski definition) is 1. The molecule has 0 aliphatic carbocycles. The fourth-order valence-electron chi connectivity index (χ4n) is 2.94. The van der Waals surface area contributed by atoms with Crippen LogP contribution in [0.2, 0.25) is 0 Å². The Balaban J connectivity index is 0.00000312. The van der Waals surface area contributed by atoms with Crippen LogP contribution < -0.4 is 5.32 Å². The fraction of sp³-hybridized carbons (Fsp3) is 0.588. The molecule has 8 heteroatoms. The molecule has 2 atom stereocenters. The maximum atomic E-state index is 13.0. The van der Waals surface area contributed by atoms with E-state index < -0.39 is 21.2 Å². The van der Waals surface area contributed by atoms with Gasteiger partial charge in [-0.3, -0.25) is 4.79 Å². The van der Waals surface area contributed by atoms with Crippen molar-refractivity contribution in [1.29, 1.82) is 0 Å². The van der Waals surface area contributed by atoms with E-state index >= 15 is 0 Å². The summed E-state index contributed by atoms with van der Waals surface area (Å²) in [5.41, 5.74) is 2.17. The molecule has 142 valence electrons. The van der Waals surface area contributed by atoms with Crippen molar-refractivity contribution >= 4 is 28.3 Å². The number of piperazine rings is 1. The molecule has 2 rings (SSSR count). The maximum absolute atomic E-state index is 13.0. The molecule has 1 fully saturated rings. The van der Waals surface area contributed by atoms with Gasteiger partial charge < -0.3 is 10.2 Å². The number of benzene rings is 1. The van der Waals surface area contributed by atoms with Gasteiger partial charge in [0, 0.05) is 33.7 Å². The van der Waals surface area contributed by atoms with E-state index in [0.29, 0.717) is 19.6 Å². The molecule has 2 unspecified atom stereocenters. The predicted molar refractivity (Wildman–Crippen MR) is 102 cm³/mol. The van der Waals surface area contributed by atoms with E-state index in [1.165, 1.54) is 21.7 Å². The summed E-state index contributed by atoms with van der Waals surface area (Å²) in [6.07, 6.45) is 0.944. The molecule has 1 aromatic carbocycles. The van der Waals surface area contributed by atoms with E-state index in [9.17, 15) is 13.2 Å². The van der Waals surface area contributed by atoms with Gasteiger partial charge in [0.2, 0.25) is 15.9 Å². The summed E-state index contributed by atoms with van der Waals surface area (Å²) in [6.45, 7) is 5.06. The molecule has 0 saturated carbocycles. The molecule has 0 radical (unpaired) electrons. The molecule has 0 bridgehead atoms. The van der Waals surface area contributed by atoms with Gasteiger partial charge in [0.25, 0.3) is 0 Å². The first-order chi connectivity index (χ1) is 11.3. The summed E-state index contributed by atoms with van der Waals surface area (Å²) >= 11 is 0. The van der Waals surface area contributed by atoms with Crippen molar-refractivity contribution in [2.75, 3.05) is 33.7 Å². The lowest BCUT2D eigenvalue weighted by molar-refractivity contribution is -0.128. The van der Waals surface area contributed by atoms with Crippen molar-refractivity contribution < 1.29 is 13.2 Å². The molecular weight excluding hydrogens is 362 g/mol. The number of rotatable bonds is 5. The lowest BCUT2D eigenvalue weighted by Crippen LogP contribution is -2.53. The van der Waals surface area contributed by atoms with Crippen LogP contribution in [0.5, 0.6) is 0 Å². The van der Waals surface area contributed by atoms with Crippen LogP contribution in [0, 0.1) is 0 Å². The van der Waals surface area contributed by atoms with Gasteiger partial charge in [0.05, 0.1) is 6.04 Å². The summed E-state index contributed by atoms with van der Waals surface area (Å²) in [5, 5.41) is 2.17. The van der Waals surface area contributed by atoms with Gasteiger partial charge in [-0.25, -0.2) is 8.42 Å². The Kier molecular flexibility index (Phi) is 7.87. The van der Waals surface area contributed by atoms with Gasteiger partial charge in [-0.15, -0.1) is 12.4 Å².